The highest BCUT2D eigenvalue weighted by molar-refractivity contribution is 6.16. The molecule has 2 N–H and O–H groups in total. The third-order valence-corrected chi connectivity index (χ3v) is 6.55. The Hall–Kier alpha value is -4.78. The molecular formula is C26H19F3N6O4. The summed E-state index contributed by atoms with van der Waals surface area (Å²) >= 11 is 0. The van der Waals surface area contributed by atoms with Crippen LogP contribution in [0.25, 0.3) is 22.1 Å². The van der Waals surface area contributed by atoms with E-state index in [1.165, 1.54) is 29.2 Å². The number of halogens is 3. The molecule has 4 aromatic heterocycles. The Labute approximate surface area is 217 Å². The Morgan fingerprint density at radius 2 is 1.82 bits per heavy atom. The first-order chi connectivity index (χ1) is 18.8. The molecule has 10 nitrogen and oxygen atoms in total. The number of aromatic nitrogens is 5. The molecule has 0 aliphatic carbocycles. The fourth-order valence-electron chi connectivity index (χ4n) is 4.62. The standard InChI is InChI=1S/C26H19F3N6O4/c27-14-8-17(28)21(18(29)9-14)23(36)16-11-30-22-15(16)1-2-35(26(22)38)12-20-32-19-7-13(10-31-24(19)33-20)25(37)34-3-5-39-6-4-34/h1-2,7-11,30H,3-6,12H2,(H,31,32,33). The van der Waals surface area contributed by atoms with Gasteiger partial charge in [-0.2, -0.15) is 0 Å². The summed E-state index contributed by atoms with van der Waals surface area (Å²) in [6.07, 6.45) is 4.05. The third kappa shape index (κ3) is 4.36. The molecule has 1 aliphatic heterocycles. The second-order valence-electron chi connectivity index (χ2n) is 9.00. The van der Waals surface area contributed by atoms with Crippen LogP contribution < -0.4 is 5.56 Å². The summed E-state index contributed by atoms with van der Waals surface area (Å²) < 4.78 is 48.2. The number of ether oxygens (including phenoxy) is 1. The number of ketones is 1. The van der Waals surface area contributed by atoms with Gasteiger partial charge in [0.15, 0.2) is 5.65 Å². The summed E-state index contributed by atoms with van der Waals surface area (Å²) in [7, 11) is 0. The number of amides is 1. The van der Waals surface area contributed by atoms with Crippen molar-refractivity contribution in [2.75, 3.05) is 26.3 Å². The van der Waals surface area contributed by atoms with Crippen LogP contribution in [0.1, 0.15) is 32.1 Å². The Bertz CT molecular complexity index is 1810. The molecule has 0 saturated carbocycles. The van der Waals surface area contributed by atoms with Gasteiger partial charge in [0, 0.05) is 54.8 Å². The van der Waals surface area contributed by atoms with Crippen LogP contribution in [0, 0.1) is 17.5 Å². The first-order valence-electron chi connectivity index (χ1n) is 11.9. The number of carbonyl (C=O) groups is 2. The number of H-pyrrole nitrogens is 2. The summed E-state index contributed by atoms with van der Waals surface area (Å²) in [6, 6.07) is 3.95. The van der Waals surface area contributed by atoms with Crippen LogP contribution in [0.5, 0.6) is 0 Å². The zero-order valence-electron chi connectivity index (χ0n) is 20.1. The molecular weight excluding hydrogens is 517 g/mol. The maximum absolute atomic E-state index is 14.2. The molecule has 13 heteroatoms. The minimum Gasteiger partial charge on any atom is -0.378 e. The van der Waals surface area contributed by atoms with Crippen LogP contribution in [0.2, 0.25) is 0 Å². The van der Waals surface area contributed by atoms with E-state index in [2.05, 4.69) is 19.9 Å². The van der Waals surface area contributed by atoms with Gasteiger partial charge in [-0.15, -0.1) is 0 Å². The Balaban J connectivity index is 1.28. The van der Waals surface area contributed by atoms with E-state index in [-0.39, 0.29) is 28.9 Å². The van der Waals surface area contributed by atoms with Crippen LogP contribution in [-0.4, -0.2) is 67.4 Å². The van der Waals surface area contributed by atoms with Gasteiger partial charge >= 0.3 is 0 Å². The fraction of sp³-hybridized carbons (Fsp3) is 0.192. The quantitative estimate of drug-likeness (QED) is 0.333. The Kier molecular flexibility index (Phi) is 5.99. The van der Waals surface area contributed by atoms with Crippen molar-refractivity contribution >= 4 is 33.8 Å². The van der Waals surface area contributed by atoms with Gasteiger partial charge in [-0.05, 0) is 12.1 Å². The number of benzene rings is 1. The summed E-state index contributed by atoms with van der Waals surface area (Å²) in [4.78, 5) is 54.9. The molecule has 1 aliphatic rings. The lowest BCUT2D eigenvalue weighted by molar-refractivity contribution is 0.0302. The molecule has 5 heterocycles. The number of morpholine rings is 1. The van der Waals surface area contributed by atoms with E-state index in [1.807, 2.05) is 0 Å². The van der Waals surface area contributed by atoms with Crippen molar-refractivity contribution in [3.8, 4) is 0 Å². The van der Waals surface area contributed by atoms with Crippen molar-refractivity contribution in [3.05, 3.63) is 93.2 Å². The minimum absolute atomic E-state index is 0.0153. The maximum atomic E-state index is 14.2. The highest BCUT2D eigenvalue weighted by Crippen LogP contribution is 2.23. The number of hydrogen-bond acceptors (Lipinski definition) is 6. The van der Waals surface area contributed by atoms with Crippen molar-refractivity contribution in [1.82, 2.24) is 29.4 Å². The molecule has 198 valence electrons. The first kappa shape index (κ1) is 24.6. The summed E-state index contributed by atoms with van der Waals surface area (Å²) in [5, 5.41) is 0.155. The van der Waals surface area contributed by atoms with E-state index in [0.29, 0.717) is 61.0 Å². The monoisotopic (exact) mass is 536 g/mol. The van der Waals surface area contributed by atoms with E-state index in [0.717, 1.165) is 0 Å². The summed E-state index contributed by atoms with van der Waals surface area (Å²) in [5.74, 6) is -4.62. The van der Waals surface area contributed by atoms with Crippen molar-refractivity contribution < 1.29 is 27.5 Å². The van der Waals surface area contributed by atoms with E-state index in [9.17, 15) is 27.6 Å². The van der Waals surface area contributed by atoms with Gasteiger partial charge in [0.1, 0.15) is 28.8 Å². The van der Waals surface area contributed by atoms with E-state index >= 15 is 0 Å². The van der Waals surface area contributed by atoms with Gasteiger partial charge < -0.3 is 24.2 Å². The number of aromatic amines is 2. The number of nitrogens with zero attached hydrogens (tertiary/aromatic N) is 4. The molecule has 0 atom stereocenters. The maximum Gasteiger partial charge on any atom is 0.275 e. The number of rotatable bonds is 5. The minimum atomic E-state index is -1.34. The fourth-order valence-corrected chi connectivity index (χ4v) is 4.62. The zero-order valence-corrected chi connectivity index (χ0v) is 20.1. The number of carbonyl (C=O) groups excluding carboxylic acids is 2. The molecule has 1 amide bonds. The lowest BCUT2D eigenvalue weighted by Gasteiger charge is -2.26. The van der Waals surface area contributed by atoms with Crippen molar-refractivity contribution in [1.29, 1.82) is 0 Å². The molecule has 5 aromatic rings. The molecule has 1 saturated heterocycles. The second kappa shape index (κ2) is 9.51. The highest BCUT2D eigenvalue weighted by Gasteiger charge is 2.24. The summed E-state index contributed by atoms with van der Waals surface area (Å²) in [5.41, 5.74) is -0.231. The van der Waals surface area contributed by atoms with E-state index in [4.69, 9.17) is 4.74 Å². The van der Waals surface area contributed by atoms with Gasteiger partial charge in [-0.25, -0.2) is 23.1 Å². The number of hydrogen-bond donors (Lipinski definition) is 2. The van der Waals surface area contributed by atoms with Gasteiger partial charge in [0.2, 0.25) is 5.78 Å². The lowest BCUT2D eigenvalue weighted by atomic mass is 10.0. The highest BCUT2D eigenvalue weighted by atomic mass is 19.1. The molecule has 39 heavy (non-hydrogen) atoms. The number of fused-ring (bicyclic) bond motifs is 2. The van der Waals surface area contributed by atoms with Gasteiger partial charge in [0.05, 0.1) is 36.4 Å². The van der Waals surface area contributed by atoms with Crippen LogP contribution in [-0.2, 0) is 11.3 Å². The van der Waals surface area contributed by atoms with Crippen molar-refractivity contribution in [3.63, 3.8) is 0 Å². The van der Waals surface area contributed by atoms with Crippen molar-refractivity contribution in [2.24, 2.45) is 0 Å². The Morgan fingerprint density at radius 1 is 1.08 bits per heavy atom. The van der Waals surface area contributed by atoms with Gasteiger partial charge in [-0.1, -0.05) is 0 Å². The second-order valence-corrected chi connectivity index (χ2v) is 9.00. The lowest BCUT2D eigenvalue weighted by Crippen LogP contribution is -2.40. The zero-order chi connectivity index (χ0) is 27.3. The first-order valence-corrected chi connectivity index (χ1v) is 11.9. The SMILES string of the molecule is O=C(c1c(F)cc(F)cc1F)c1c[nH]c2c(=O)n(Cc3nc4ncc(C(=O)N5CCOCC5)cc4[nH]3)ccc12. The molecule has 0 bridgehead atoms. The van der Waals surface area contributed by atoms with Crippen LogP contribution in [0.3, 0.4) is 0 Å². The number of nitrogens with one attached hydrogen (secondary N) is 2. The molecule has 0 radical (unpaired) electrons. The predicted octanol–water partition coefficient (Wildman–Crippen LogP) is 2.77. The number of imidazole rings is 1. The topological polar surface area (TPSA) is 126 Å². The number of pyridine rings is 2. The van der Waals surface area contributed by atoms with Gasteiger partial charge in [-0.3, -0.25) is 14.4 Å². The molecule has 0 unspecified atom stereocenters. The van der Waals surface area contributed by atoms with Crippen LogP contribution >= 0.6 is 0 Å². The van der Waals surface area contributed by atoms with Crippen LogP contribution in [0.15, 0.2) is 47.7 Å². The van der Waals surface area contributed by atoms with Gasteiger partial charge in [0.25, 0.3) is 11.5 Å². The summed E-state index contributed by atoms with van der Waals surface area (Å²) in [6.45, 7) is 1.96. The van der Waals surface area contributed by atoms with E-state index < -0.39 is 34.4 Å². The average molecular weight is 536 g/mol. The average Bonchev–Trinajstić information content (AvgIpc) is 3.53. The predicted molar refractivity (Wildman–Crippen MR) is 132 cm³/mol. The molecule has 6 rings (SSSR count). The van der Waals surface area contributed by atoms with Crippen molar-refractivity contribution in [2.45, 2.75) is 6.54 Å². The normalized spacial score (nSPS) is 13.9. The largest absolute Gasteiger partial charge is 0.378 e. The smallest absolute Gasteiger partial charge is 0.275 e. The third-order valence-electron chi connectivity index (χ3n) is 6.55. The van der Waals surface area contributed by atoms with E-state index in [1.54, 1.807) is 11.0 Å². The van der Waals surface area contributed by atoms with Crippen LogP contribution in [0.4, 0.5) is 13.2 Å². The molecule has 1 aromatic carbocycles. The Morgan fingerprint density at radius 3 is 2.56 bits per heavy atom. The molecule has 1 fully saturated rings. The molecule has 0 spiro atoms.